The van der Waals surface area contributed by atoms with Crippen LogP contribution in [0, 0.1) is 0 Å². The Morgan fingerprint density at radius 1 is 1.29 bits per heavy atom. The number of halogens is 2. The Labute approximate surface area is 171 Å². The highest BCUT2D eigenvalue weighted by molar-refractivity contribution is 6.27. The molecule has 3 fully saturated rings. The van der Waals surface area contributed by atoms with Crippen molar-refractivity contribution < 1.29 is 28.7 Å². The summed E-state index contributed by atoms with van der Waals surface area (Å²) < 4.78 is 5.08. The SMILES string of the molecule is C=C(CCl)C(C(=O)OCN1C(=O)CCC1=O)N1C(=O)C(N(C=O)C2CC2)C1Cl. The van der Waals surface area contributed by atoms with Crippen LogP contribution in [0.2, 0.25) is 0 Å². The molecule has 1 saturated carbocycles. The van der Waals surface area contributed by atoms with Gasteiger partial charge < -0.3 is 14.5 Å². The van der Waals surface area contributed by atoms with Gasteiger partial charge in [0.15, 0.2) is 12.8 Å². The van der Waals surface area contributed by atoms with Crippen LogP contribution in [-0.4, -0.2) is 81.0 Å². The van der Waals surface area contributed by atoms with E-state index in [1.165, 1.54) is 4.90 Å². The second-order valence-electron chi connectivity index (χ2n) is 6.85. The van der Waals surface area contributed by atoms with Gasteiger partial charge in [0.25, 0.3) is 5.91 Å². The van der Waals surface area contributed by atoms with E-state index in [2.05, 4.69) is 6.58 Å². The number of amides is 4. The molecule has 0 aromatic heterocycles. The molecule has 9 nitrogen and oxygen atoms in total. The van der Waals surface area contributed by atoms with E-state index in [-0.39, 0.29) is 30.3 Å². The van der Waals surface area contributed by atoms with Gasteiger partial charge in [-0.2, -0.15) is 0 Å². The third-order valence-corrected chi connectivity index (χ3v) is 5.79. The highest BCUT2D eigenvalue weighted by Crippen LogP contribution is 2.38. The van der Waals surface area contributed by atoms with Crippen molar-refractivity contribution in [2.75, 3.05) is 12.6 Å². The molecule has 28 heavy (non-hydrogen) atoms. The summed E-state index contributed by atoms with van der Waals surface area (Å²) >= 11 is 12.1. The molecule has 3 atom stereocenters. The highest BCUT2D eigenvalue weighted by atomic mass is 35.5. The molecule has 0 spiro atoms. The summed E-state index contributed by atoms with van der Waals surface area (Å²) in [5.41, 5.74) is -0.780. The van der Waals surface area contributed by atoms with Gasteiger partial charge in [-0.25, -0.2) is 9.69 Å². The molecule has 2 saturated heterocycles. The molecule has 11 heteroatoms. The number of carbonyl (C=O) groups excluding carboxylic acids is 5. The highest BCUT2D eigenvalue weighted by Gasteiger charge is 2.57. The number of likely N-dealkylation sites (tertiary alicyclic amines) is 2. The molecule has 3 rings (SSSR count). The number of imide groups is 1. The summed E-state index contributed by atoms with van der Waals surface area (Å²) in [6, 6.07) is -2.17. The van der Waals surface area contributed by atoms with E-state index in [9.17, 15) is 24.0 Å². The first-order chi connectivity index (χ1) is 13.3. The first-order valence-corrected chi connectivity index (χ1v) is 9.71. The normalized spacial score (nSPS) is 25.4. The van der Waals surface area contributed by atoms with Crippen molar-refractivity contribution in [3.63, 3.8) is 0 Å². The lowest BCUT2D eigenvalue weighted by atomic mass is 9.98. The van der Waals surface area contributed by atoms with E-state index < -0.39 is 48.0 Å². The van der Waals surface area contributed by atoms with Crippen LogP contribution in [-0.2, 0) is 28.7 Å². The van der Waals surface area contributed by atoms with Crippen LogP contribution in [0.25, 0.3) is 0 Å². The molecule has 0 aromatic carbocycles. The van der Waals surface area contributed by atoms with E-state index in [0.29, 0.717) is 6.41 Å². The minimum absolute atomic E-state index is 0.0244. The fourth-order valence-corrected chi connectivity index (χ4v) is 3.87. The third-order valence-electron chi connectivity index (χ3n) is 5.00. The Hall–Kier alpha value is -2.13. The first-order valence-electron chi connectivity index (χ1n) is 8.74. The maximum absolute atomic E-state index is 12.7. The zero-order valence-corrected chi connectivity index (χ0v) is 16.4. The van der Waals surface area contributed by atoms with Gasteiger partial charge in [0.1, 0.15) is 11.5 Å². The van der Waals surface area contributed by atoms with Crippen molar-refractivity contribution in [3.05, 3.63) is 12.2 Å². The number of esters is 1. The maximum Gasteiger partial charge on any atom is 0.335 e. The van der Waals surface area contributed by atoms with Gasteiger partial charge in [-0.3, -0.25) is 19.2 Å². The summed E-state index contributed by atoms with van der Waals surface area (Å²) in [5, 5.41) is 0. The van der Waals surface area contributed by atoms with E-state index >= 15 is 0 Å². The zero-order chi connectivity index (χ0) is 20.6. The summed E-state index contributed by atoms with van der Waals surface area (Å²) in [7, 11) is 0. The minimum atomic E-state index is -1.27. The van der Waals surface area contributed by atoms with Crippen molar-refractivity contribution in [3.8, 4) is 0 Å². The lowest BCUT2D eigenvalue weighted by molar-refractivity contribution is -0.171. The van der Waals surface area contributed by atoms with E-state index in [4.69, 9.17) is 27.9 Å². The van der Waals surface area contributed by atoms with Gasteiger partial charge in [0.05, 0.1) is 0 Å². The molecule has 0 radical (unpaired) electrons. The molecule has 0 aromatic rings. The van der Waals surface area contributed by atoms with Crippen molar-refractivity contribution in [2.24, 2.45) is 0 Å². The molecule has 3 unspecified atom stereocenters. The van der Waals surface area contributed by atoms with Crippen molar-refractivity contribution in [1.82, 2.24) is 14.7 Å². The largest absolute Gasteiger partial charge is 0.442 e. The fourth-order valence-electron chi connectivity index (χ4n) is 3.28. The second-order valence-corrected chi connectivity index (χ2v) is 7.56. The molecule has 0 N–H and O–H groups in total. The van der Waals surface area contributed by atoms with Crippen molar-refractivity contribution >= 4 is 53.3 Å². The third kappa shape index (κ3) is 3.60. The molecule has 0 bridgehead atoms. The lowest BCUT2D eigenvalue weighted by Crippen LogP contribution is -2.72. The van der Waals surface area contributed by atoms with E-state index in [1.807, 2.05) is 0 Å². The summed E-state index contributed by atoms with van der Waals surface area (Å²) in [4.78, 5) is 63.1. The van der Waals surface area contributed by atoms with Crippen LogP contribution in [0.5, 0.6) is 0 Å². The second kappa shape index (κ2) is 8.08. The van der Waals surface area contributed by atoms with Gasteiger partial charge in [-0.1, -0.05) is 18.2 Å². The predicted octanol–water partition coefficient (Wildman–Crippen LogP) is 0.196. The number of carbonyl (C=O) groups is 5. The van der Waals surface area contributed by atoms with Crippen LogP contribution < -0.4 is 0 Å². The topological polar surface area (TPSA) is 104 Å². The van der Waals surface area contributed by atoms with Crippen LogP contribution in [0.4, 0.5) is 0 Å². The fraction of sp³-hybridized carbons (Fsp3) is 0.588. The molecule has 1 aliphatic carbocycles. The van der Waals surface area contributed by atoms with Gasteiger partial charge in [0, 0.05) is 24.8 Å². The lowest BCUT2D eigenvalue weighted by Gasteiger charge is -2.50. The standard InChI is InChI=1S/C17H19Cl2N3O6/c1-9(6-18)13(17(27)28-8-21-11(24)4-5-12(21)25)22-15(19)14(16(22)26)20(7-23)10-2-3-10/h7,10,13-15H,1-6,8H2. The Morgan fingerprint density at radius 3 is 2.36 bits per heavy atom. The predicted molar refractivity (Wildman–Crippen MR) is 96.9 cm³/mol. The van der Waals surface area contributed by atoms with Gasteiger partial charge in [-0.05, 0) is 18.4 Å². The molecule has 2 heterocycles. The quantitative estimate of drug-likeness (QED) is 0.0981. The molecular formula is C17H19Cl2N3O6. The van der Waals surface area contributed by atoms with Gasteiger partial charge in [-0.15, -0.1) is 11.6 Å². The number of β-lactam (4-membered cyclic amide) rings is 1. The smallest absolute Gasteiger partial charge is 0.335 e. The first kappa shape index (κ1) is 20.6. The number of alkyl halides is 2. The van der Waals surface area contributed by atoms with Crippen molar-refractivity contribution in [2.45, 2.75) is 49.3 Å². The van der Waals surface area contributed by atoms with Crippen LogP contribution in [0.1, 0.15) is 25.7 Å². The summed E-state index contributed by atoms with van der Waals surface area (Å²) in [5.74, 6) is -2.43. The maximum atomic E-state index is 12.7. The zero-order valence-electron chi connectivity index (χ0n) is 14.9. The van der Waals surface area contributed by atoms with Crippen LogP contribution in [0.3, 0.4) is 0 Å². The minimum Gasteiger partial charge on any atom is -0.442 e. The number of hydrogen-bond donors (Lipinski definition) is 0. The molecule has 2 aliphatic heterocycles. The van der Waals surface area contributed by atoms with E-state index in [1.54, 1.807) is 0 Å². The molecule has 3 aliphatic rings. The van der Waals surface area contributed by atoms with E-state index in [0.717, 1.165) is 22.6 Å². The van der Waals surface area contributed by atoms with Crippen LogP contribution in [0.15, 0.2) is 12.2 Å². The Bertz CT molecular complexity index is 724. The number of nitrogens with zero attached hydrogens (tertiary/aromatic N) is 3. The van der Waals surface area contributed by atoms with Gasteiger partial charge in [0.2, 0.25) is 18.2 Å². The summed E-state index contributed by atoms with van der Waals surface area (Å²) in [6.45, 7) is 3.15. The number of hydrogen-bond acceptors (Lipinski definition) is 6. The average molecular weight is 432 g/mol. The summed E-state index contributed by atoms with van der Waals surface area (Å²) in [6.07, 6.45) is 2.30. The van der Waals surface area contributed by atoms with Crippen LogP contribution >= 0.6 is 23.2 Å². The van der Waals surface area contributed by atoms with Gasteiger partial charge >= 0.3 is 5.97 Å². The Balaban J connectivity index is 1.70. The van der Waals surface area contributed by atoms with Crippen molar-refractivity contribution in [1.29, 1.82) is 0 Å². The molecular weight excluding hydrogens is 413 g/mol. The number of rotatable bonds is 9. The monoisotopic (exact) mass is 431 g/mol. The molecule has 152 valence electrons. The Morgan fingerprint density at radius 2 is 1.89 bits per heavy atom. The Kier molecular flexibility index (Phi) is 5.95. The number of ether oxygens (including phenoxy) is 1. The molecule has 4 amide bonds. The average Bonchev–Trinajstić information content (AvgIpc) is 3.47.